The highest BCUT2D eigenvalue weighted by molar-refractivity contribution is 5.86. The summed E-state index contributed by atoms with van der Waals surface area (Å²) in [5.41, 5.74) is -0.527. The van der Waals surface area contributed by atoms with Gasteiger partial charge in [0.2, 0.25) is 5.91 Å². The summed E-state index contributed by atoms with van der Waals surface area (Å²) in [4.78, 5) is 28.3. The Balaban J connectivity index is 1.98. The van der Waals surface area contributed by atoms with Gasteiger partial charge in [-0.1, -0.05) is 19.3 Å². The van der Waals surface area contributed by atoms with Gasteiger partial charge in [0, 0.05) is 19.1 Å². The summed E-state index contributed by atoms with van der Waals surface area (Å²) < 4.78 is 5.39. The molecule has 0 aromatic carbocycles. The van der Waals surface area contributed by atoms with E-state index in [-0.39, 0.29) is 12.0 Å². The van der Waals surface area contributed by atoms with E-state index in [0.29, 0.717) is 19.1 Å². The second kappa shape index (κ2) is 6.24. The van der Waals surface area contributed by atoms with Crippen LogP contribution in [0.3, 0.4) is 0 Å². The molecule has 2 rings (SSSR count). The summed E-state index contributed by atoms with van der Waals surface area (Å²) in [7, 11) is 0. The van der Waals surface area contributed by atoms with Crippen LogP contribution in [0.4, 0.5) is 4.79 Å². The highest BCUT2D eigenvalue weighted by atomic mass is 16.6. The van der Waals surface area contributed by atoms with Crippen molar-refractivity contribution in [2.75, 3.05) is 13.1 Å². The molecule has 2 amide bonds. The Bertz CT molecular complexity index is 397. The predicted octanol–water partition coefficient (Wildman–Crippen LogP) is 2.79. The van der Waals surface area contributed by atoms with Gasteiger partial charge in [0.1, 0.15) is 11.6 Å². The highest BCUT2D eigenvalue weighted by Gasteiger charge is 2.39. The number of hydrogen-bond donors (Lipinski definition) is 0. The molecule has 1 aliphatic carbocycles. The fourth-order valence-electron chi connectivity index (χ4n) is 3.22. The number of amides is 2. The van der Waals surface area contributed by atoms with Crippen LogP contribution in [0.2, 0.25) is 0 Å². The third-order valence-electron chi connectivity index (χ3n) is 4.33. The second-order valence-electron chi connectivity index (χ2n) is 7.17. The van der Waals surface area contributed by atoms with Crippen molar-refractivity contribution in [1.82, 2.24) is 9.80 Å². The van der Waals surface area contributed by atoms with Gasteiger partial charge in [0.25, 0.3) is 0 Å². The molecule has 1 saturated heterocycles. The van der Waals surface area contributed by atoms with E-state index in [1.807, 2.05) is 25.7 Å². The van der Waals surface area contributed by atoms with Crippen LogP contribution in [-0.4, -0.2) is 52.6 Å². The number of carbonyl (C=O) groups is 2. The largest absolute Gasteiger partial charge is 0.444 e. The first kappa shape index (κ1) is 16.1. The Hall–Kier alpha value is -1.26. The monoisotopic (exact) mass is 296 g/mol. The van der Waals surface area contributed by atoms with Crippen LogP contribution in [-0.2, 0) is 9.53 Å². The first-order valence-corrected chi connectivity index (χ1v) is 8.10. The summed E-state index contributed by atoms with van der Waals surface area (Å²) in [5, 5.41) is 0. The molecule has 2 aliphatic rings. The van der Waals surface area contributed by atoms with E-state index in [2.05, 4.69) is 0 Å². The molecule has 0 spiro atoms. The minimum absolute atomic E-state index is 0.0685. The van der Waals surface area contributed by atoms with Crippen LogP contribution >= 0.6 is 0 Å². The van der Waals surface area contributed by atoms with E-state index in [4.69, 9.17) is 4.74 Å². The van der Waals surface area contributed by atoms with E-state index in [0.717, 1.165) is 12.8 Å². The number of piperazine rings is 1. The fraction of sp³-hybridized carbons (Fsp3) is 0.875. The lowest BCUT2D eigenvalue weighted by molar-refractivity contribution is -0.144. The number of hydrogen-bond acceptors (Lipinski definition) is 3. The first-order chi connectivity index (χ1) is 9.79. The van der Waals surface area contributed by atoms with E-state index < -0.39 is 11.6 Å². The summed E-state index contributed by atoms with van der Waals surface area (Å²) in [5.74, 6) is 0.0685. The fourth-order valence-corrected chi connectivity index (χ4v) is 3.22. The number of carbonyl (C=O) groups excluding carboxylic acids is 2. The standard InChI is InChI=1S/C16H28N2O3/c1-12-14(19)18(13-8-6-5-7-9-13)11-10-17(12)15(20)21-16(2,3)4/h12-13H,5-11H2,1-4H3. The Morgan fingerprint density at radius 3 is 2.33 bits per heavy atom. The molecule has 120 valence electrons. The molecule has 2 fully saturated rings. The van der Waals surface area contributed by atoms with Gasteiger partial charge in [-0.15, -0.1) is 0 Å². The van der Waals surface area contributed by atoms with Gasteiger partial charge in [-0.3, -0.25) is 9.69 Å². The smallest absolute Gasteiger partial charge is 0.411 e. The van der Waals surface area contributed by atoms with E-state index in [1.165, 1.54) is 19.3 Å². The zero-order valence-corrected chi connectivity index (χ0v) is 13.7. The van der Waals surface area contributed by atoms with Crippen molar-refractivity contribution >= 4 is 12.0 Å². The first-order valence-electron chi connectivity index (χ1n) is 8.10. The lowest BCUT2D eigenvalue weighted by Crippen LogP contribution is -2.60. The van der Waals surface area contributed by atoms with Crippen LogP contribution in [0.5, 0.6) is 0 Å². The molecule has 1 unspecified atom stereocenters. The molecule has 1 aliphatic heterocycles. The Labute approximate surface area is 127 Å². The van der Waals surface area contributed by atoms with Crippen LogP contribution in [0.25, 0.3) is 0 Å². The lowest BCUT2D eigenvalue weighted by atomic mass is 9.93. The lowest BCUT2D eigenvalue weighted by Gasteiger charge is -2.43. The summed E-state index contributed by atoms with van der Waals surface area (Å²) >= 11 is 0. The minimum atomic E-state index is -0.527. The average Bonchev–Trinajstić information content (AvgIpc) is 2.40. The average molecular weight is 296 g/mol. The van der Waals surface area contributed by atoms with Gasteiger partial charge in [-0.05, 0) is 40.5 Å². The topological polar surface area (TPSA) is 49.9 Å². The normalized spacial score (nSPS) is 25.1. The number of ether oxygens (including phenoxy) is 1. The van der Waals surface area contributed by atoms with Gasteiger partial charge in [-0.25, -0.2) is 4.79 Å². The van der Waals surface area contributed by atoms with Crippen molar-refractivity contribution in [3.05, 3.63) is 0 Å². The Morgan fingerprint density at radius 2 is 1.76 bits per heavy atom. The molecule has 5 heteroatoms. The Morgan fingerprint density at radius 1 is 1.14 bits per heavy atom. The third-order valence-corrected chi connectivity index (χ3v) is 4.33. The molecule has 1 atom stereocenters. The zero-order chi connectivity index (χ0) is 15.6. The Kier molecular flexibility index (Phi) is 4.79. The van der Waals surface area contributed by atoms with Crippen molar-refractivity contribution in [2.24, 2.45) is 0 Å². The van der Waals surface area contributed by atoms with Gasteiger partial charge >= 0.3 is 6.09 Å². The highest BCUT2D eigenvalue weighted by Crippen LogP contribution is 2.26. The molecule has 0 radical (unpaired) electrons. The van der Waals surface area contributed by atoms with E-state index in [9.17, 15) is 9.59 Å². The molecule has 1 heterocycles. The summed E-state index contributed by atoms with van der Waals surface area (Å²) in [6.07, 6.45) is 5.51. The maximum atomic E-state index is 12.6. The van der Waals surface area contributed by atoms with Gasteiger partial charge in [-0.2, -0.15) is 0 Å². The van der Waals surface area contributed by atoms with Crippen molar-refractivity contribution < 1.29 is 14.3 Å². The van der Waals surface area contributed by atoms with Crippen molar-refractivity contribution in [1.29, 1.82) is 0 Å². The SMILES string of the molecule is CC1C(=O)N(C2CCCCC2)CCN1C(=O)OC(C)(C)C. The van der Waals surface area contributed by atoms with Crippen molar-refractivity contribution in [3.8, 4) is 0 Å². The van der Waals surface area contributed by atoms with Gasteiger partial charge in [0.05, 0.1) is 0 Å². The molecule has 0 N–H and O–H groups in total. The summed E-state index contributed by atoms with van der Waals surface area (Å²) in [6.45, 7) is 8.54. The molecule has 5 nitrogen and oxygen atoms in total. The molecule has 0 aromatic rings. The van der Waals surface area contributed by atoms with Crippen LogP contribution in [0.1, 0.15) is 59.8 Å². The number of rotatable bonds is 1. The zero-order valence-electron chi connectivity index (χ0n) is 13.7. The van der Waals surface area contributed by atoms with Gasteiger partial charge < -0.3 is 9.64 Å². The molecular weight excluding hydrogens is 268 g/mol. The van der Waals surface area contributed by atoms with Gasteiger partial charge in [0.15, 0.2) is 0 Å². The quantitative estimate of drug-likeness (QED) is 0.747. The molecule has 0 aromatic heterocycles. The third kappa shape index (κ3) is 3.89. The van der Waals surface area contributed by atoms with Crippen LogP contribution in [0.15, 0.2) is 0 Å². The molecular formula is C16H28N2O3. The molecule has 21 heavy (non-hydrogen) atoms. The number of nitrogens with zero attached hydrogens (tertiary/aromatic N) is 2. The minimum Gasteiger partial charge on any atom is -0.444 e. The van der Waals surface area contributed by atoms with Crippen LogP contribution < -0.4 is 0 Å². The maximum Gasteiger partial charge on any atom is 0.411 e. The van der Waals surface area contributed by atoms with Crippen molar-refractivity contribution in [2.45, 2.75) is 77.5 Å². The van der Waals surface area contributed by atoms with Crippen LogP contribution in [0, 0.1) is 0 Å². The van der Waals surface area contributed by atoms with E-state index >= 15 is 0 Å². The molecule has 0 bridgehead atoms. The molecule has 1 saturated carbocycles. The summed E-state index contributed by atoms with van der Waals surface area (Å²) in [6, 6.07) is -0.0509. The van der Waals surface area contributed by atoms with Crippen molar-refractivity contribution in [3.63, 3.8) is 0 Å². The predicted molar refractivity (Wildman–Crippen MR) is 81.0 cm³/mol. The second-order valence-corrected chi connectivity index (χ2v) is 7.17. The maximum absolute atomic E-state index is 12.6. The van der Waals surface area contributed by atoms with E-state index in [1.54, 1.807) is 11.8 Å².